The zero-order chi connectivity index (χ0) is 12.4. The van der Waals surface area contributed by atoms with Crippen LogP contribution in [0.3, 0.4) is 0 Å². The number of amides is 1. The lowest BCUT2D eigenvalue weighted by Crippen LogP contribution is -2.42. The third-order valence-corrected chi connectivity index (χ3v) is 3.53. The fraction of sp³-hybridized carbons (Fsp3) is 0.538. The molecule has 17 heavy (non-hydrogen) atoms. The standard InChI is InChI=1S/C13H17BrN2O/c1-9-6-10(2)8-16(7-9)13(17)11-4-3-5-12(14)15-11/h3-5,9-10H,6-8H2,1-2H3. The zero-order valence-electron chi connectivity index (χ0n) is 10.2. The van der Waals surface area contributed by atoms with Gasteiger partial charge in [0.15, 0.2) is 0 Å². The van der Waals surface area contributed by atoms with Crippen LogP contribution in [0.1, 0.15) is 30.8 Å². The Bertz CT molecular complexity index is 412. The SMILES string of the molecule is CC1CC(C)CN(C(=O)c2cccc(Br)n2)C1. The fourth-order valence-electron chi connectivity index (χ4n) is 2.52. The van der Waals surface area contributed by atoms with Gasteiger partial charge in [0.05, 0.1) is 0 Å². The molecule has 1 aliphatic heterocycles. The third-order valence-electron chi connectivity index (χ3n) is 3.09. The van der Waals surface area contributed by atoms with E-state index in [1.807, 2.05) is 17.0 Å². The normalized spacial score (nSPS) is 24.8. The Morgan fingerprint density at radius 3 is 2.59 bits per heavy atom. The molecule has 0 aromatic carbocycles. The van der Waals surface area contributed by atoms with E-state index in [0.717, 1.165) is 13.1 Å². The highest BCUT2D eigenvalue weighted by Crippen LogP contribution is 2.22. The summed E-state index contributed by atoms with van der Waals surface area (Å²) < 4.78 is 0.710. The van der Waals surface area contributed by atoms with Crippen LogP contribution in [0.2, 0.25) is 0 Å². The van der Waals surface area contributed by atoms with Crippen LogP contribution < -0.4 is 0 Å². The van der Waals surface area contributed by atoms with Crippen LogP contribution in [0.15, 0.2) is 22.8 Å². The van der Waals surface area contributed by atoms with Crippen LogP contribution in [-0.4, -0.2) is 28.9 Å². The van der Waals surface area contributed by atoms with Gasteiger partial charge in [-0.15, -0.1) is 0 Å². The van der Waals surface area contributed by atoms with Gasteiger partial charge in [-0.3, -0.25) is 4.79 Å². The number of pyridine rings is 1. The minimum atomic E-state index is 0.0460. The second kappa shape index (κ2) is 5.17. The maximum absolute atomic E-state index is 12.3. The molecule has 1 aromatic heterocycles. The van der Waals surface area contributed by atoms with E-state index in [1.54, 1.807) is 6.07 Å². The van der Waals surface area contributed by atoms with E-state index >= 15 is 0 Å². The first-order valence-corrected chi connectivity index (χ1v) is 6.77. The van der Waals surface area contributed by atoms with E-state index in [1.165, 1.54) is 6.42 Å². The summed E-state index contributed by atoms with van der Waals surface area (Å²) in [6.45, 7) is 6.09. The Labute approximate surface area is 110 Å². The van der Waals surface area contributed by atoms with Crippen LogP contribution in [0.25, 0.3) is 0 Å². The fourth-order valence-corrected chi connectivity index (χ4v) is 2.86. The first-order valence-electron chi connectivity index (χ1n) is 5.98. The van der Waals surface area contributed by atoms with Gasteiger partial charge in [-0.25, -0.2) is 4.98 Å². The van der Waals surface area contributed by atoms with Crippen molar-refractivity contribution >= 4 is 21.8 Å². The summed E-state index contributed by atoms with van der Waals surface area (Å²) in [5.41, 5.74) is 0.528. The van der Waals surface area contributed by atoms with Crippen molar-refractivity contribution in [2.75, 3.05) is 13.1 Å². The summed E-state index contributed by atoms with van der Waals surface area (Å²) in [5.74, 6) is 1.20. The molecule has 1 amide bonds. The molecule has 0 saturated carbocycles. The first kappa shape index (κ1) is 12.6. The Morgan fingerprint density at radius 1 is 1.35 bits per heavy atom. The average Bonchev–Trinajstić information content (AvgIpc) is 2.26. The second-order valence-electron chi connectivity index (χ2n) is 5.00. The molecule has 2 atom stereocenters. The van der Waals surface area contributed by atoms with Gasteiger partial charge in [-0.05, 0) is 46.3 Å². The van der Waals surface area contributed by atoms with Crippen molar-refractivity contribution in [1.29, 1.82) is 0 Å². The molecule has 4 heteroatoms. The summed E-state index contributed by atoms with van der Waals surface area (Å²) >= 11 is 3.30. The van der Waals surface area contributed by atoms with E-state index in [4.69, 9.17) is 0 Å². The summed E-state index contributed by atoms with van der Waals surface area (Å²) in [6, 6.07) is 5.45. The number of hydrogen-bond acceptors (Lipinski definition) is 2. The molecule has 2 unspecified atom stereocenters. The van der Waals surface area contributed by atoms with E-state index in [2.05, 4.69) is 34.8 Å². The Balaban J connectivity index is 2.14. The summed E-state index contributed by atoms with van der Waals surface area (Å²) in [7, 11) is 0. The molecule has 0 bridgehead atoms. The molecule has 2 rings (SSSR count). The average molecular weight is 297 g/mol. The van der Waals surface area contributed by atoms with Crippen molar-refractivity contribution in [1.82, 2.24) is 9.88 Å². The molecule has 0 aliphatic carbocycles. The molecular weight excluding hydrogens is 280 g/mol. The molecule has 1 fully saturated rings. The van der Waals surface area contributed by atoms with Crippen molar-refractivity contribution in [2.24, 2.45) is 11.8 Å². The van der Waals surface area contributed by atoms with E-state index < -0.39 is 0 Å². The molecule has 0 radical (unpaired) electrons. The highest BCUT2D eigenvalue weighted by molar-refractivity contribution is 9.10. The largest absolute Gasteiger partial charge is 0.337 e. The molecular formula is C13H17BrN2O. The predicted octanol–water partition coefficient (Wildman–Crippen LogP) is 2.96. The summed E-state index contributed by atoms with van der Waals surface area (Å²) in [4.78, 5) is 18.4. The van der Waals surface area contributed by atoms with Crippen LogP contribution in [0.4, 0.5) is 0 Å². The minimum absolute atomic E-state index is 0.0460. The van der Waals surface area contributed by atoms with E-state index in [9.17, 15) is 4.79 Å². The second-order valence-corrected chi connectivity index (χ2v) is 5.81. The van der Waals surface area contributed by atoms with Crippen molar-refractivity contribution in [3.63, 3.8) is 0 Å². The monoisotopic (exact) mass is 296 g/mol. The highest BCUT2D eigenvalue weighted by Gasteiger charge is 2.26. The zero-order valence-corrected chi connectivity index (χ0v) is 11.8. The summed E-state index contributed by atoms with van der Waals surface area (Å²) in [5, 5.41) is 0. The number of carbonyl (C=O) groups excluding carboxylic acids is 1. The molecule has 92 valence electrons. The van der Waals surface area contributed by atoms with E-state index in [-0.39, 0.29) is 5.91 Å². The number of halogens is 1. The van der Waals surface area contributed by atoms with Crippen LogP contribution in [0.5, 0.6) is 0 Å². The van der Waals surface area contributed by atoms with Gasteiger partial charge in [0, 0.05) is 13.1 Å². The Morgan fingerprint density at radius 2 is 2.00 bits per heavy atom. The lowest BCUT2D eigenvalue weighted by molar-refractivity contribution is 0.0617. The van der Waals surface area contributed by atoms with Crippen molar-refractivity contribution in [3.05, 3.63) is 28.5 Å². The number of nitrogens with zero attached hydrogens (tertiary/aromatic N) is 2. The molecule has 2 heterocycles. The van der Waals surface area contributed by atoms with E-state index in [0.29, 0.717) is 22.1 Å². The number of rotatable bonds is 1. The van der Waals surface area contributed by atoms with Gasteiger partial charge >= 0.3 is 0 Å². The molecule has 0 N–H and O–H groups in total. The topological polar surface area (TPSA) is 33.2 Å². The van der Waals surface area contributed by atoms with Gasteiger partial charge in [-0.1, -0.05) is 19.9 Å². The Hall–Kier alpha value is -0.900. The molecule has 1 aromatic rings. The molecule has 1 aliphatic rings. The number of aromatic nitrogens is 1. The molecule has 3 nitrogen and oxygen atoms in total. The molecule has 0 spiro atoms. The van der Waals surface area contributed by atoms with Crippen LogP contribution >= 0.6 is 15.9 Å². The number of likely N-dealkylation sites (tertiary alicyclic amines) is 1. The minimum Gasteiger partial charge on any atom is -0.337 e. The smallest absolute Gasteiger partial charge is 0.272 e. The lowest BCUT2D eigenvalue weighted by atomic mass is 9.92. The van der Waals surface area contributed by atoms with Crippen molar-refractivity contribution in [2.45, 2.75) is 20.3 Å². The third kappa shape index (κ3) is 3.06. The van der Waals surface area contributed by atoms with Crippen molar-refractivity contribution in [3.8, 4) is 0 Å². The van der Waals surface area contributed by atoms with Crippen molar-refractivity contribution < 1.29 is 4.79 Å². The van der Waals surface area contributed by atoms with Gasteiger partial charge in [0.25, 0.3) is 5.91 Å². The maximum atomic E-state index is 12.3. The van der Waals surface area contributed by atoms with Crippen LogP contribution in [0, 0.1) is 11.8 Å². The van der Waals surface area contributed by atoms with Gasteiger partial charge in [-0.2, -0.15) is 0 Å². The van der Waals surface area contributed by atoms with Gasteiger partial charge < -0.3 is 4.90 Å². The number of hydrogen-bond donors (Lipinski definition) is 0. The highest BCUT2D eigenvalue weighted by atomic mass is 79.9. The first-order chi connectivity index (χ1) is 8.06. The predicted molar refractivity (Wildman–Crippen MR) is 70.8 cm³/mol. The number of piperidine rings is 1. The summed E-state index contributed by atoms with van der Waals surface area (Å²) in [6.07, 6.45) is 1.20. The maximum Gasteiger partial charge on any atom is 0.272 e. The van der Waals surface area contributed by atoms with Gasteiger partial charge in [0.2, 0.25) is 0 Å². The Kier molecular flexibility index (Phi) is 3.82. The number of carbonyl (C=O) groups is 1. The lowest BCUT2D eigenvalue weighted by Gasteiger charge is -2.34. The van der Waals surface area contributed by atoms with Gasteiger partial charge in [0.1, 0.15) is 10.3 Å². The molecule has 1 saturated heterocycles. The quantitative estimate of drug-likeness (QED) is 0.747. The van der Waals surface area contributed by atoms with Crippen LogP contribution in [-0.2, 0) is 0 Å².